The molecule has 0 spiro atoms. The summed E-state index contributed by atoms with van der Waals surface area (Å²) in [6, 6.07) is 43.1. The minimum atomic E-state index is 1.09. The van der Waals surface area contributed by atoms with Crippen LogP contribution in [-0.4, -0.2) is 0 Å². The molecule has 0 aliphatic rings. The first-order valence-electron chi connectivity index (χ1n) is 10.8. The molecule has 0 bridgehead atoms. The molecule has 0 fully saturated rings. The van der Waals surface area contributed by atoms with Gasteiger partial charge in [0.05, 0.1) is 0 Å². The largest absolute Gasteiger partial charge is 0.356 e. The number of fused-ring (bicyclic) bond motifs is 3. The van der Waals surface area contributed by atoms with Crippen molar-refractivity contribution >= 4 is 42.9 Å². The molecular formula is C30H21NS. The summed E-state index contributed by atoms with van der Waals surface area (Å²) in [4.78, 5) is 0. The molecule has 1 aromatic heterocycles. The second-order valence-electron chi connectivity index (χ2n) is 7.93. The maximum atomic E-state index is 3.52. The van der Waals surface area contributed by atoms with Gasteiger partial charge in [-0.15, -0.1) is 11.3 Å². The Morgan fingerprint density at radius 3 is 1.78 bits per heavy atom. The zero-order valence-electron chi connectivity index (χ0n) is 17.5. The van der Waals surface area contributed by atoms with Crippen LogP contribution < -0.4 is 5.32 Å². The van der Waals surface area contributed by atoms with Gasteiger partial charge in [0.1, 0.15) is 0 Å². The summed E-state index contributed by atoms with van der Waals surface area (Å²) in [6.07, 6.45) is 0. The summed E-state index contributed by atoms with van der Waals surface area (Å²) in [5, 5.41) is 6.20. The Kier molecular flexibility index (Phi) is 4.71. The van der Waals surface area contributed by atoms with E-state index in [-0.39, 0.29) is 0 Å². The quantitative estimate of drug-likeness (QED) is 0.296. The van der Waals surface area contributed by atoms with Gasteiger partial charge in [-0.25, -0.2) is 0 Å². The van der Waals surface area contributed by atoms with Crippen LogP contribution in [0.4, 0.5) is 11.4 Å². The molecule has 0 aliphatic heterocycles. The summed E-state index contributed by atoms with van der Waals surface area (Å²) in [5.41, 5.74) is 7.17. The van der Waals surface area contributed by atoms with Crippen LogP contribution in [0.15, 0.2) is 121 Å². The van der Waals surface area contributed by atoms with Gasteiger partial charge in [-0.2, -0.15) is 0 Å². The molecule has 0 saturated carbocycles. The summed E-state index contributed by atoms with van der Waals surface area (Å²) in [5.74, 6) is 0. The van der Waals surface area contributed by atoms with E-state index in [9.17, 15) is 0 Å². The Balaban J connectivity index is 1.27. The third kappa shape index (κ3) is 3.45. The fraction of sp³-hybridized carbons (Fsp3) is 0. The van der Waals surface area contributed by atoms with E-state index in [4.69, 9.17) is 0 Å². The van der Waals surface area contributed by atoms with E-state index in [1.165, 1.54) is 42.4 Å². The lowest BCUT2D eigenvalue weighted by molar-refractivity contribution is 1.54. The Bertz CT molecular complexity index is 1510. The van der Waals surface area contributed by atoms with E-state index in [0.717, 1.165) is 11.4 Å². The molecule has 32 heavy (non-hydrogen) atoms. The van der Waals surface area contributed by atoms with Crippen molar-refractivity contribution in [3.8, 4) is 22.3 Å². The van der Waals surface area contributed by atoms with Gasteiger partial charge in [0, 0.05) is 31.5 Å². The zero-order chi connectivity index (χ0) is 21.3. The standard InChI is InChI=1S/C30H21NS/c1-2-7-21(8-3-1)22-13-17-24(18-14-22)31-25-19-15-23(16-20-25)26-10-6-11-28-27-9-4-5-12-29(27)32-30(26)28/h1-20,31H. The fourth-order valence-corrected chi connectivity index (χ4v) is 5.49. The second kappa shape index (κ2) is 7.99. The van der Waals surface area contributed by atoms with Crippen LogP contribution in [0.25, 0.3) is 42.4 Å². The van der Waals surface area contributed by atoms with Crippen molar-refractivity contribution in [1.82, 2.24) is 0 Å². The summed E-state index contributed by atoms with van der Waals surface area (Å²) in [7, 11) is 0. The molecule has 0 aliphatic carbocycles. The van der Waals surface area contributed by atoms with Crippen molar-refractivity contribution in [3.05, 3.63) is 121 Å². The zero-order valence-corrected chi connectivity index (χ0v) is 18.3. The van der Waals surface area contributed by atoms with Gasteiger partial charge < -0.3 is 5.32 Å². The van der Waals surface area contributed by atoms with Crippen LogP contribution in [0.5, 0.6) is 0 Å². The van der Waals surface area contributed by atoms with E-state index >= 15 is 0 Å². The van der Waals surface area contributed by atoms with Gasteiger partial charge in [-0.05, 0) is 52.6 Å². The lowest BCUT2D eigenvalue weighted by Crippen LogP contribution is -1.90. The second-order valence-corrected chi connectivity index (χ2v) is 8.98. The van der Waals surface area contributed by atoms with Crippen molar-refractivity contribution in [2.24, 2.45) is 0 Å². The summed E-state index contributed by atoms with van der Waals surface area (Å²) in [6.45, 7) is 0. The highest BCUT2D eigenvalue weighted by Gasteiger charge is 2.10. The first kappa shape index (κ1) is 18.9. The van der Waals surface area contributed by atoms with Gasteiger partial charge in [0.15, 0.2) is 0 Å². The summed E-state index contributed by atoms with van der Waals surface area (Å²) >= 11 is 1.87. The van der Waals surface area contributed by atoms with Crippen molar-refractivity contribution in [2.45, 2.75) is 0 Å². The molecule has 152 valence electrons. The average molecular weight is 428 g/mol. The normalized spacial score (nSPS) is 11.1. The highest BCUT2D eigenvalue weighted by molar-refractivity contribution is 7.26. The van der Waals surface area contributed by atoms with Crippen LogP contribution in [0, 0.1) is 0 Å². The van der Waals surface area contributed by atoms with Crippen molar-refractivity contribution in [1.29, 1.82) is 0 Å². The molecule has 6 aromatic rings. The van der Waals surface area contributed by atoms with Crippen molar-refractivity contribution < 1.29 is 0 Å². The molecule has 2 heteroatoms. The number of thiophene rings is 1. The minimum absolute atomic E-state index is 1.09. The SMILES string of the molecule is c1ccc(-c2ccc(Nc3ccc(-c4cccc5c4sc4ccccc45)cc3)cc2)cc1. The molecular weight excluding hydrogens is 406 g/mol. The molecule has 1 heterocycles. The minimum Gasteiger partial charge on any atom is -0.356 e. The van der Waals surface area contributed by atoms with E-state index in [1.807, 2.05) is 17.4 Å². The third-order valence-corrected chi connectivity index (χ3v) is 7.10. The molecule has 1 N–H and O–H groups in total. The number of benzene rings is 5. The maximum Gasteiger partial charge on any atom is 0.0433 e. The van der Waals surface area contributed by atoms with E-state index in [0.29, 0.717) is 0 Å². The van der Waals surface area contributed by atoms with Crippen LogP contribution in [-0.2, 0) is 0 Å². The molecule has 0 unspecified atom stereocenters. The van der Waals surface area contributed by atoms with Gasteiger partial charge in [0.2, 0.25) is 0 Å². The van der Waals surface area contributed by atoms with Crippen LogP contribution in [0.2, 0.25) is 0 Å². The van der Waals surface area contributed by atoms with E-state index in [1.54, 1.807) is 0 Å². The molecule has 0 atom stereocenters. The number of nitrogens with one attached hydrogen (secondary N) is 1. The Hall–Kier alpha value is -3.88. The Labute approximate surface area is 191 Å². The van der Waals surface area contributed by atoms with Crippen LogP contribution >= 0.6 is 11.3 Å². The first-order chi connectivity index (χ1) is 15.8. The van der Waals surface area contributed by atoms with Crippen LogP contribution in [0.3, 0.4) is 0 Å². The Morgan fingerprint density at radius 2 is 1.03 bits per heavy atom. The van der Waals surface area contributed by atoms with Crippen molar-refractivity contribution in [2.75, 3.05) is 5.32 Å². The van der Waals surface area contributed by atoms with Gasteiger partial charge in [-0.1, -0.05) is 91.0 Å². The van der Waals surface area contributed by atoms with E-state index in [2.05, 4.69) is 121 Å². The maximum absolute atomic E-state index is 3.52. The smallest absolute Gasteiger partial charge is 0.0433 e. The van der Waals surface area contributed by atoms with E-state index < -0.39 is 0 Å². The van der Waals surface area contributed by atoms with Crippen molar-refractivity contribution in [3.63, 3.8) is 0 Å². The molecule has 5 aromatic carbocycles. The first-order valence-corrected chi connectivity index (χ1v) is 11.6. The lowest BCUT2D eigenvalue weighted by atomic mass is 10.0. The molecule has 0 amide bonds. The number of hydrogen-bond donors (Lipinski definition) is 1. The average Bonchev–Trinajstić information content (AvgIpc) is 3.25. The van der Waals surface area contributed by atoms with Gasteiger partial charge >= 0.3 is 0 Å². The highest BCUT2D eigenvalue weighted by atomic mass is 32.1. The number of rotatable bonds is 4. The fourth-order valence-electron chi connectivity index (χ4n) is 4.25. The monoisotopic (exact) mass is 427 g/mol. The predicted octanol–water partition coefficient (Wildman–Crippen LogP) is 9.13. The molecule has 0 radical (unpaired) electrons. The third-order valence-electron chi connectivity index (χ3n) is 5.88. The molecule has 6 rings (SSSR count). The Morgan fingerprint density at radius 1 is 0.438 bits per heavy atom. The van der Waals surface area contributed by atoms with Crippen LogP contribution in [0.1, 0.15) is 0 Å². The topological polar surface area (TPSA) is 12.0 Å². The lowest BCUT2D eigenvalue weighted by Gasteiger charge is -2.09. The van der Waals surface area contributed by atoms with Gasteiger partial charge in [0.25, 0.3) is 0 Å². The van der Waals surface area contributed by atoms with Gasteiger partial charge in [-0.3, -0.25) is 0 Å². The molecule has 1 nitrogen and oxygen atoms in total. The number of hydrogen-bond acceptors (Lipinski definition) is 2. The number of anilines is 2. The molecule has 0 saturated heterocycles. The highest BCUT2D eigenvalue weighted by Crippen LogP contribution is 2.40. The summed E-state index contributed by atoms with van der Waals surface area (Å²) < 4.78 is 2.69. The predicted molar refractivity (Wildman–Crippen MR) is 140 cm³/mol.